The van der Waals surface area contributed by atoms with Crippen molar-refractivity contribution in [3.63, 3.8) is 0 Å². The molecule has 2 aliphatic rings. The van der Waals surface area contributed by atoms with Gasteiger partial charge in [0.25, 0.3) is 0 Å². The SMILES string of the molecule is O=C1C(NS(=O)(=O)c2ccc3cc(Cl)ccc3c2)CCCN1C1CCN(S(=O)(=O)Cc2ccccc2)CC1. The van der Waals surface area contributed by atoms with Gasteiger partial charge in [0.1, 0.15) is 6.04 Å². The van der Waals surface area contributed by atoms with Crippen LogP contribution in [0.25, 0.3) is 10.8 Å². The number of hydrogen-bond acceptors (Lipinski definition) is 5. The van der Waals surface area contributed by atoms with Crippen LogP contribution in [0.15, 0.2) is 71.6 Å². The summed E-state index contributed by atoms with van der Waals surface area (Å²) in [4.78, 5) is 15.2. The molecular formula is C27H30ClN3O5S2. The average molecular weight is 576 g/mol. The van der Waals surface area contributed by atoms with Gasteiger partial charge >= 0.3 is 0 Å². The van der Waals surface area contributed by atoms with Gasteiger partial charge in [-0.2, -0.15) is 4.72 Å². The van der Waals surface area contributed by atoms with Gasteiger partial charge in [0, 0.05) is 30.7 Å². The molecule has 0 spiro atoms. The Morgan fingerprint density at radius 2 is 1.53 bits per heavy atom. The summed E-state index contributed by atoms with van der Waals surface area (Å²) in [5.41, 5.74) is 0.742. The number of rotatable bonds is 7. The van der Waals surface area contributed by atoms with E-state index in [-0.39, 0.29) is 22.6 Å². The Balaban J connectivity index is 1.22. The molecule has 202 valence electrons. The van der Waals surface area contributed by atoms with Gasteiger partial charge in [0.15, 0.2) is 0 Å². The molecule has 3 aromatic rings. The van der Waals surface area contributed by atoms with E-state index in [1.807, 2.05) is 18.2 Å². The Morgan fingerprint density at radius 3 is 2.26 bits per heavy atom. The molecule has 0 aliphatic carbocycles. The van der Waals surface area contributed by atoms with Crippen molar-refractivity contribution >= 4 is 48.3 Å². The van der Waals surface area contributed by atoms with E-state index in [0.29, 0.717) is 50.3 Å². The molecule has 1 amide bonds. The molecule has 2 saturated heterocycles. The maximum Gasteiger partial charge on any atom is 0.241 e. The minimum Gasteiger partial charge on any atom is -0.338 e. The third kappa shape index (κ3) is 5.89. The predicted octanol–water partition coefficient (Wildman–Crippen LogP) is 3.76. The number of piperidine rings is 2. The van der Waals surface area contributed by atoms with Gasteiger partial charge < -0.3 is 4.90 Å². The second-order valence-electron chi connectivity index (χ2n) is 9.87. The standard InChI is InChI=1S/C27H30ClN3O5S2/c28-23-10-8-22-18-25(11-9-21(22)17-23)38(35,36)29-26-7-4-14-31(27(26)32)24-12-15-30(16-13-24)37(33,34)19-20-5-2-1-3-6-20/h1-3,5-6,8-11,17-18,24,26,29H,4,7,12-16,19H2. The molecule has 1 atom stereocenters. The summed E-state index contributed by atoms with van der Waals surface area (Å²) in [6.07, 6.45) is 2.13. The van der Waals surface area contributed by atoms with E-state index in [0.717, 1.165) is 16.3 Å². The van der Waals surface area contributed by atoms with Crippen molar-refractivity contribution in [1.82, 2.24) is 13.9 Å². The first kappa shape index (κ1) is 27.1. The van der Waals surface area contributed by atoms with Crippen molar-refractivity contribution in [2.24, 2.45) is 0 Å². The number of hydrogen-bond donors (Lipinski definition) is 1. The Kier molecular flexibility index (Phi) is 7.79. The molecule has 2 fully saturated rings. The summed E-state index contributed by atoms with van der Waals surface area (Å²) < 4.78 is 56.2. The number of carbonyl (C=O) groups excluding carboxylic acids is 1. The molecule has 38 heavy (non-hydrogen) atoms. The van der Waals surface area contributed by atoms with E-state index < -0.39 is 26.1 Å². The van der Waals surface area contributed by atoms with Crippen LogP contribution in [0.5, 0.6) is 0 Å². The van der Waals surface area contributed by atoms with E-state index in [1.54, 1.807) is 47.4 Å². The van der Waals surface area contributed by atoms with E-state index in [2.05, 4.69) is 4.72 Å². The topological polar surface area (TPSA) is 104 Å². The average Bonchev–Trinajstić information content (AvgIpc) is 2.90. The lowest BCUT2D eigenvalue weighted by atomic mass is 9.98. The number of sulfonamides is 2. The number of carbonyl (C=O) groups is 1. The van der Waals surface area contributed by atoms with Crippen molar-refractivity contribution in [2.75, 3.05) is 19.6 Å². The first-order valence-corrected chi connectivity index (χ1v) is 16.1. The van der Waals surface area contributed by atoms with Crippen LogP contribution in [0.3, 0.4) is 0 Å². The van der Waals surface area contributed by atoms with Gasteiger partial charge in [-0.3, -0.25) is 4.79 Å². The Labute approximate surface area is 228 Å². The second-order valence-corrected chi connectivity index (χ2v) is 14.0. The summed E-state index contributed by atoms with van der Waals surface area (Å²) in [6, 6.07) is 18.1. The summed E-state index contributed by atoms with van der Waals surface area (Å²) in [6.45, 7) is 1.21. The highest BCUT2D eigenvalue weighted by Gasteiger charge is 2.38. The summed E-state index contributed by atoms with van der Waals surface area (Å²) in [5, 5.41) is 2.13. The zero-order valence-corrected chi connectivity index (χ0v) is 23.2. The quantitative estimate of drug-likeness (QED) is 0.462. The van der Waals surface area contributed by atoms with Crippen molar-refractivity contribution < 1.29 is 21.6 Å². The lowest BCUT2D eigenvalue weighted by Gasteiger charge is -2.41. The summed E-state index contributed by atoms with van der Waals surface area (Å²) in [7, 11) is -7.38. The maximum absolute atomic E-state index is 13.4. The van der Waals surface area contributed by atoms with E-state index in [9.17, 15) is 21.6 Å². The third-order valence-electron chi connectivity index (χ3n) is 7.30. The van der Waals surface area contributed by atoms with Crippen molar-refractivity contribution in [1.29, 1.82) is 0 Å². The lowest BCUT2D eigenvalue weighted by molar-refractivity contribution is -0.138. The first-order chi connectivity index (χ1) is 18.1. The highest BCUT2D eigenvalue weighted by atomic mass is 35.5. The monoisotopic (exact) mass is 575 g/mol. The molecule has 0 saturated carbocycles. The van der Waals surface area contributed by atoms with Crippen LogP contribution in [0, 0.1) is 0 Å². The van der Waals surface area contributed by atoms with Crippen LogP contribution in [0.1, 0.15) is 31.2 Å². The molecule has 8 nitrogen and oxygen atoms in total. The highest BCUT2D eigenvalue weighted by Crippen LogP contribution is 2.26. The van der Waals surface area contributed by atoms with Gasteiger partial charge in [-0.05, 0) is 66.3 Å². The lowest BCUT2D eigenvalue weighted by Crippen LogP contribution is -2.57. The van der Waals surface area contributed by atoms with Gasteiger partial charge in [0.05, 0.1) is 10.6 Å². The molecular weight excluding hydrogens is 546 g/mol. The largest absolute Gasteiger partial charge is 0.338 e. The Hall–Kier alpha value is -2.50. The molecule has 3 aromatic carbocycles. The molecule has 0 aromatic heterocycles. The number of fused-ring (bicyclic) bond motifs is 1. The Bertz CT molecular complexity index is 1540. The van der Waals surface area contributed by atoms with Gasteiger partial charge in [-0.1, -0.05) is 54.1 Å². The van der Waals surface area contributed by atoms with Crippen LogP contribution in [-0.4, -0.2) is 63.7 Å². The number of benzene rings is 3. The zero-order chi connectivity index (χ0) is 26.9. The van der Waals surface area contributed by atoms with Crippen molar-refractivity contribution in [3.05, 3.63) is 77.3 Å². The Morgan fingerprint density at radius 1 is 0.842 bits per heavy atom. The van der Waals surface area contributed by atoms with Gasteiger partial charge in [-0.25, -0.2) is 21.1 Å². The van der Waals surface area contributed by atoms with Crippen LogP contribution in [0.2, 0.25) is 5.02 Å². The van der Waals surface area contributed by atoms with Gasteiger partial charge in [-0.15, -0.1) is 0 Å². The summed E-state index contributed by atoms with van der Waals surface area (Å²) >= 11 is 6.03. The molecule has 5 rings (SSSR count). The molecule has 0 radical (unpaired) electrons. The highest BCUT2D eigenvalue weighted by molar-refractivity contribution is 7.89. The van der Waals surface area contributed by atoms with Gasteiger partial charge in [0.2, 0.25) is 26.0 Å². The molecule has 0 bridgehead atoms. The fourth-order valence-electron chi connectivity index (χ4n) is 5.30. The number of halogens is 1. The second kappa shape index (κ2) is 10.9. The normalized spacial score (nSPS) is 20.2. The van der Waals surface area contributed by atoms with Crippen LogP contribution >= 0.6 is 11.6 Å². The first-order valence-electron chi connectivity index (χ1n) is 12.7. The predicted molar refractivity (Wildman–Crippen MR) is 148 cm³/mol. The van der Waals surface area contributed by atoms with E-state index in [1.165, 1.54) is 10.4 Å². The van der Waals surface area contributed by atoms with Crippen LogP contribution in [0.4, 0.5) is 0 Å². The maximum atomic E-state index is 13.4. The summed E-state index contributed by atoms with van der Waals surface area (Å²) in [5.74, 6) is -0.301. The minimum atomic E-state index is -3.92. The third-order valence-corrected chi connectivity index (χ3v) is 10.9. The molecule has 2 aliphatic heterocycles. The van der Waals surface area contributed by atoms with E-state index in [4.69, 9.17) is 11.6 Å². The number of nitrogens with zero attached hydrogens (tertiary/aromatic N) is 2. The fraction of sp³-hybridized carbons (Fsp3) is 0.370. The minimum absolute atomic E-state index is 0.0488. The fourth-order valence-corrected chi connectivity index (χ4v) is 8.30. The molecule has 1 unspecified atom stereocenters. The smallest absolute Gasteiger partial charge is 0.241 e. The molecule has 11 heteroatoms. The number of amides is 1. The van der Waals surface area contributed by atoms with Crippen LogP contribution in [-0.2, 0) is 30.6 Å². The van der Waals surface area contributed by atoms with Crippen LogP contribution < -0.4 is 4.72 Å². The zero-order valence-electron chi connectivity index (χ0n) is 20.8. The number of nitrogens with one attached hydrogen (secondary N) is 1. The molecule has 2 heterocycles. The van der Waals surface area contributed by atoms with Crippen molar-refractivity contribution in [2.45, 2.75) is 48.4 Å². The number of likely N-dealkylation sites (tertiary alicyclic amines) is 1. The molecule has 1 N–H and O–H groups in total. The van der Waals surface area contributed by atoms with E-state index >= 15 is 0 Å². The van der Waals surface area contributed by atoms with Crippen molar-refractivity contribution in [3.8, 4) is 0 Å².